The number of halogens is 1. The second kappa shape index (κ2) is 10.2. The molecule has 5 rings (SSSR count). The molecule has 0 atom stereocenters. The first-order valence-corrected chi connectivity index (χ1v) is 13.5. The lowest BCUT2D eigenvalue weighted by Gasteiger charge is -2.33. The molecule has 1 fully saturated rings. The van der Waals surface area contributed by atoms with Gasteiger partial charge in [0.05, 0.1) is 0 Å². The molecule has 1 aromatic carbocycles. The SMILES string of the molecule is CC(C)C(=O)N1CCC(CCn2c(Sc3cc4c(cc3Br)OCCO4)nc3c(N)ncnc32)CC1. The van der Waals surface area contributed by atoms with Crippen molar-refractivity contribution in [2.45, 2.75) is 49.7 Å². The van der Waals surface area contributed by atoms with Gasteiger partial charge in [0.25, 0.3) is 0 Å². The van der Waals surface area contributed by atoms with Crippen LogP contribution in [0.15, 0.2) is 33.0 Å². The van der Waals surface area contributed by atoms with Gasteiger partial charge in [-0.25, -0.2) is 15.0 Å². The summed E-state index contributed by atoms with van der Waals surface area (Å²) in [7, 11) is 0. The summed E-state index contributed by atoms with van der Waals surface area (Å²) in [5, 5.41) is 0.803. The zero-order chi connectivity index (χ0) is 24.5. The van der Waals surface area contributed by atoms with Gasteiger partial charge in [0.15, 0.2) is 33.6 Å². The lowest BCUT2D eigenvalue weighted by atomic mass is 9.93. The number of hydrogen-bond acceptors (Lipinski definition) is 8. The summed E-state index contributed by atoms with van der Waals surface area (Å²) >= 11 is 5.20. The fourth-order valence-corrected chi connectivity index (χ4v) is 6.06. The molecule has 2 N–H and O–H groups in total. The highest BCUT2D eigenvalue weighted by atomic mass is 79.9. The largest absolute Gasteiger partial charge is 0.486 e. The summed E-state index contributed by atoms with van der Waals surface area (Å²) in [4.78, 5) is 28.7. The highest BCUT2D eigenvalue weighted by molar-refractivity contribution is 9.10. The van der Waals surface area contributed by atoms with E-state index in [0.717, 1.165) is 70.6 Å². The lowest BCUT2D eigenvalue weighted by molar-refractivity contribution is -0.135. The van der Waals surface area contributed by atoms with E-state index in [1.165, 1.54) is 18.1 Å². The molecule has 0 spiro atoms. The molecular formula is C24H29BrN6O3S. The number of nitrogen functional groups attached to an aromatic ring is 1. The molecule has 0 bridgehead atoms. The molecule has 11 heteroatoms. The molecule has 4 heterocycles. The highest BCUT2D eigenvalue weighted by Crippen LogP contribution is 2.42. The number of anilines is 1. The number of carbonyl (C=O) groups excluding carboxylic acids is 1. The minimum absolute atomic E-state index is 0.0495. The number of ether oxygens (including phenoxy) is 2. The molecule has 1 saturated heterocycles. The molecule has 0 saturated carbocycles. The van der Waals surface area contributed by atoms with Crippen LogP contribution in [-0.2, 0) is 11.3 Å². The van der Waals surface area contributed by atoms with Gasteiger partial charge in [-0.05, 0) is 53.2 Å². The molecule has 9 nitrogen and oxygen atoms in total. The number of nitrogens with two attached hydrogens (primary N) is 1. The highest BCUT2D eigenvalue weighted by Gasteiger charge is 2.25. The zero-order valence-corrected chi connectivity index (χ0v) is 22.3. The van der Waals surface area contributed by atoms with Gasteiger partial charge in [0, 0.05) is 34.9 Å². The Morgan fingerprint density at radius 2 is 1.91 bits per heavy atom. The summed E-state index contributed by atoms with van der Waals surface area (Å²) in [5.74, 6) is 2.68. The Bertz CT molecular complexity index is 1240. The Morgan fingerprint density at radius 3 is 2.63 bits per heavy atom. The first-order chi connectivity index (χ1) is 16.9. The number of hydrogen-bond donors (Lipinski definition) is 1. The van der Waals surface area contributed by atoms with E-state index < -0.39 is 0 Å². The number of rotatable bonds is 6. The summed E-state index contributed by atoms with van der Waals surface area (Å²) in [6, 6.07) is 3.91. The maximum Gasteiger partial charge on any atom is 0.225 e. The predicted octanol–water partition coefficient (Wildman–Crippen LogP) is 4.38. The number of aromatic nitrogens is 4. The van der Waals surface area contributed by atoms with E-state index in [-0.39, 0.29) is 11.8 Å². The van der Waals surface area contributed by atoms with Gasteiger partial charge >= 0.3 is 0 Å². The number of carbonyl (C=O) groups is 1. The molecule has 3 aromatic rings. The van der Waals surface area contributed by atoms with Gasteiger partial charge in [-0.1, -0.05) is 25.6 Å². The van der Waals surface area contributed by atoms with E-state index >= 15 is 0 Å². The molecule has 186 valence electrons. The van der Waals surface area contributed by atoms with E-state index in [0.29, 0.717) is 30.5 Å². The van der Waals surface area contributed by atoms with Crippen LogP contribution in [0.3, 0.4) is 0 Å². The van der Waals surface area contributed by atoms with E-state index in [4.69, 9.17) is 20.2 Å². The molecule has 0 aliphatic carbocycles. The third-order valence-electron chi connectivity index (χ3n) is 6.50. The van der Waals surface area contributed by atoms with Crippen LogP contribution < -0.4 is 15.2 Å². The van der Waals surface area contributed by atoms with Crippen molar-refractivity contribution in [1.29, 1.82) is 0 Å². The van der Waals surface area contributed by atoms with E-state index in [9.17, 15) is 4.79 Å². The Morgan fingerprint density at radius 1 is 1.20 bits per heavy atom. The predicted molar refractivity (Wildman–Crippen MR) is 138 cm³/mol. The van der Waals surface area contributed by atoms with Crippen molar-refractivity contribution in [3.63, 3.8) is 0 Å². The molecule has 35 heavy (non-hydrogen) atoms. The molecule has 2 aliphatic rings. The van der Waals surface area contributed by atoms with Crippen LogP contribution in [0.4, 0.5) is 5.82 Å². The quantitative estimate of drug-likeness (QED) is 0.473. The Kier molecular flexibility index (Phi) is 7.06. The second-order valence-corrected chi connectivity index (χ2v) is 11.1. The molecule has 2 aliphatic heterocycles. The normalized spacial score (nSPS) is 16.3. The van der Waals surface area contributed by atoms with Gasteiger partial charge in [-0.15, -0.1) is 0 Å². The van der Waals surface area contributed by atoms with E-state index in [1.54, 1.807) is 0 Å². The number of likely N-dealkylation sites (tertiary alicyclic amines) is 1. The number of fused-ring (bicyclic) bond motifs is 2. The summed E-state index contributed by atoms with van der Waals surface area (Å²) in [6.45, 7) is 7.42. The van der Waals surface area contributed by atoms with E-state index in [1.807, 2.05) is 30.9 Å². The summed E-state index contributed by atoms with van der Waals surface area (Å²) in [5.41, 5.74) is 7.49. The number of amides is 1. The molecular weight excluding hydrogens is 532 g/mol. The number of aryl methyl sites for hydroxylation is 1. The molecule has 0 unspecified atom stereocenters. The average Bonchev–Trinajstić information content (AvgIpc) is 3.21. The van der Waals surface area contributed by atoms with Crippen molar-refractivity contribution in [2.24, 2.45) is 11.8 Å². The van der Waals surface area contributed by atoms with E-state index in [2.05, 4.69) is 30.5 Å². The molecule has 1 amide bonds. The van der Waals surface area contributed by atoms with Crippen LogP contribution in [-0.4, -0.2) is 56.6 Å². The van der Waals surface area contributed by atoms with Crippen LogP contribution in [0.25, 0.3) is 11.2 Å². The van der Waals surface area contributed by atoms with Crippen molar-refractivity contribution in [3.8, 4) is 11.5 Å². The number of benzene rings is 1. The fraction of sp³-hybridized carbons (Fsp3) is 0.500. The van der Waals surface area contributed by atoms with Gasteiger partial charge in [-0.3, -0.25) is 4.79 Å². The van der Waals surface area contributed by atoms with Crippen LogP contribution in [0.2, 0.25) is 0 Å². The average molecular weight is 562 g/mol. The Labute approximate surface area is 216 Å². The van der Waals surface area contributed by atoms with Crippen molar-refractivity contribution in [2.75, 3.05) is 32.0 Å². The maximum absolute atomic E-state index is 12.3. The van der Waals surface area contributed by atoms with Crippen molar-refractivity contribution in [1.82, 2.24) is 24.4 Å². The second-order valence-electron chi connectivity index (χ2n) is 9.22. The Hall–Kier alpha value is -2.53. The monoisotopic (exact) mass is 560 g/mol. The third kappa shape index (κ3) is 5.06. The minimum atomic E-state index is 0.0495. The molecule has 0 radical (unpaired) electrons. The minimum Gasteiger partial charge on any atom is -0.486 e. The summed E-state index contributed by atoms with van der Waals surface area (Å²) < 4.78 is 14.5. The maximum atomic E-state index is 12.3. The molecule has 2 aromatic heterocycles. The first-order valence-electron chi connectivity index (χ1n) is 11.9. The van der Waals surface area contributed by atoms with Gasteiger partial charge in [-0.2, -0.15) is 0 Å². The number of imidazole rings is 1. The van der Waals surface area contributed by atoms with Crippen molar-refractivity contribution >= 4 is 50.6 Å². The topological polar surface area (TPSA) is 108 Å². The van der Waals surface area contributed by atoms with Crippen molar-refractivity contribution < 1.29 is 14.3 Å². The van der Waals surface area contributed by atoms with Crippen LogP contribution in [0.5, 0.6) is 11.5 Å². The van der Waals surface area contributed by atoms with Gasteiger partial charge < -0.3 is 24.7 Å². The number of piperidine rings is 1. The smallest absolute Gasteiger partial charge is 0.225 e. The fourth-order valence-electron chi connectivity index (χ4n) is 4.55. The van der Waals surface area contributed by atoms with Gasteiger partial charge in [0.2, 0.25) is 5.91 Å². The lowest BCUT2D eigenvalue weighted by Crippen LogP contribution is -2.40. The third-order valence-corrected chi connectivity index (χ3v) is 8.47. The zero-order valence-electron chi connectivity index (χ0n) is 19.9. The standard InChI is InChI=1S/C24H29BrN6O3S/c1-14(2)23(32)30-6-3-15(4-7-30)5-8-31-22-20(21(26)27-13-28-22)29-24(31)35-19-12-18-17(11-16(19)25)33-9-10-34-18/h11-15H,3-10H2,1-2H3,(H2,26,27,28). The van der Waals surface area contributed by atoms with Crippen LogP contribution in [0, 0.1) is 11.8 Å². The number of nitrogens with zero attached hydrogens (tertiary/aromatic N) is 5. The summed E-state index contributed by atoms with van der Waals surface area (Å²) in [6.07, 6.45) is 4.49. The van der Waals surface area contributed by atoms with Gasteiger partial charge in [0.1, 0.15) is 19.5 Å². The first kappa shape index (κ1) is 24.2. The van der Waals surface area contributed by atoms with Crippen molar-refractivity contribution in [3.05, 3.63) is 22.9 Å². The van der Waals surface area contributed by atoms with Crippen LogP contribution >= 0.6 is 27.7 Å². The van der Waals surface area contributed by atoms with Crippen LogP contribution in [0.1, 0.15) is 33.1 Å². The Balaban J connectivity index is 1.36.